The van der Waals surface area contributed by atoms with Gasteiger partial charge in [0.25, 0.3) is 10.0 Å². The predicted molar refractivity (Wildman–Crippen MR) is 122 cm³/mol. The summed E-state index contributed by atoms with van der Waals surface area (Å²) in [6.45, 7) is 0.802. The van der Waals surface area contributed by atoms with E-state index in [1.165, 1.54) is 4.31 Å². The number of nitrogens with zero attached hydrogens (tertiary/aromatic N) is 1. The second-order valence-electron chi connectivity index (χ2n) is 7.55. The lowest BCUT2D eigenvalue weighted by molar-refractivity contribution is -0.138. The van der Waals surface area contributed by atoms with Crippen molar-refractivity contribution in [3.05, 3.63) is 53.6 Å². The van der Waals surface area contributed by atoms with Crippen LogP contribution in [0.25, 0.3) is 0 Å². The zero-order chi connectivity index (χ0) is 26.6. The molecule has 0 radical (unpaired) electrons. The fraction of sp³-hybridized carbons (Fsp3) is 0.318. The van der Waals surface area contributed by atoms with Gasteiger partial charge < -0.3 is 9.84 Å². The molecule has 0 spiro atoms. The highest BCUT2D eigenvalue weighted by atomic mass is 32.2. The van der Waals surface area contributed by atoms with Crippen molar-refractivity contribution in [3.8, 4) is 11.8 Å². The van der Waals surface area contributed by atoms with Crippen LogP contribution in [0.5, 0.6) is 0 Å². The Bertz CT molecular complexity index is 1390. The number of ether oxygens (including phenoxy) is 1. The molecule has 1 heterocycles. The van der Waals surface area contributed by atoms with E-state index in [2.05, 4.69) is 16.6 Å². The van der Waals surface area contributed by atoms with Crippen molar-refractivity contribution >= 4 is 31.7 Å². The highest BCUT2D eigenvalue weighted by Crippen LogP contribution is 2.32. The summed E-state index contributed by atoms with van der Waals surface area (Å²) in [7, 11) is -8.19. The third kappa shape index (κ3) is 6.76. The van der Waals surface area contributed by atoms with Crippen LogP contribution in [0, 0.1) is 11.8 Å². The molecule has 0 aliphatic carbocycles. The number of halogens is 3. The topological polar surface area (TPSA) is 130 Å². The minimum absolute atomic E-state index is 0.122. The Morgan fingerprint density at radius 2 is 1.64 bits per heavy atom. The molecule has 1 saturated heterocycles. The Labute approximate surface area is 206 Å². The smallest absolute Gasteiger partial charge is 0.416 e. The Kier molecular flexibility index (Phi) is 8.29. The van der Waals surface area contributed by atoms with Gasteiger partial charge in [0.05, 0.1) is 40.7 Å². The average molecular weight is 547 g/mol. The molecular weight excluding hydrogens is 525 g/mol. The number of aliphatic carboxylic acids is 1. The van der Waals surface area contributed by atoms with E-state index in [-0.39, 0.29) is 60.2 Å². The number of carboxylic acids is 1. The third-order valence-corrected chi connectivity index (χ3v) is 8.31. The van der Waals surface area contributed by atoms with E-state index in [4.69, 9.17) is 9.84 Å². The number of benzene rings is 2. The van der Waals surface area contributed by atoms with Gasteiger partial charge in [0, 0.05) is 25.1 Å². The maximum absolute atomic E-state index is 13.1. The Hall–Kier alpha value is -3.12. The molecule has 0 amide bonds. The zero-order valence-corrected chi connectivity index (χ0v) is 20.2. The molecule has 1 aliphatic heterocycles. The van der Waals surface area contributed by atoms with Crippen molar-refractivity contribution in [2.45, 2.75) is 28.8 Å². The average Bonchev–Trinajstić information content (AvgIpc) is 2.82. The number of carbonyl (C=O) groups is 1. The number of carboxylic acid groups (broad SMARTS) is 1. The maximum Gasteiger partial charge on any atom is 0.416 e. The molecule has 0 saturated carbocycles. The lowest BCUT2D eigenvalue weighted by atomic mass is 10.1. The molecule has 194 valence electrons. The van der Waals surface area contributed by atoms with E-state index in [9.17, 15) is 34.8 Å². The first kappa shape index (κ1) is 27.5. The largest absolute Gasteiger partial charge is 0.481 e. The van der Waals surface area contributed by atoms with Gasteiger partial charge in [0.1, 0.15) is 0 Å². The van der Waals surface area contributed by atoms with Crippen molar-refractivity contribution in [1.29, 1.82) is 0 Å². The van der Waals surface area contributed by atoms with E-state index < -0.39 is 37.8 Å². The first-order chi connectivity index (χ1) is 16.8. The molecule has 1 aliphatic rings. The number of anilines is 1. The first-order valence-electron chi connectivity index (χ1n) is 10.4. The summed E-state index contributed by atoms with van der Waals surface area (Å²) in [5.74, 6) is 3.66. The molecule has 2 N–H and O–H groups in total. The summed E-state index contributed by atoms with van der Waals surface area (Å²) in [6, 6.07) is 6.62. The monoisotopic (exact) mass is 546 g/mol. The van der Waals surface area contributed by atoms with Gasteiger partial charge >= 0.3 is 12.1 Å². The molecule has 3 rings (SSSR count). The summed E-state index contributed by atoms with van der Waals surface area (Å²) in [5, 5.41) is 8.68. The van der Waals surface area contributed by atoms with E-state index in [1.807, 2.05) is 0 Å². The Morgan fingerprint density at radius 3 is 2.22 bits per heavy atom. The molecule has 1 fully saturated rings. The lowest BCUT2D eigenvalue weighted by Crippen LogP contribution is -2.40. The summed E-state index contributed by atoms with van der Waals surface area (Å²) in [5.41, 5.74) is -1.62. The Morgan fingerprint density at radius 1 is 1.03 bits per heavy atom. The third-order valence-electron chi connectivity index (χ3n) is 5.02. The van der Waals surface area contributed by atoms with Crippen molar-refractivity contribution in [1.82, 2.24) is 4.31 Å². The number of sulfonamides is 2. The number of morpholine rings is 1. The minimum Gasteiger partial charge on any atom is -0.481 e. The van der Waals surface area contributed by atoms with Gasteiger partial charge in [-0.3, -0.25) is 9.52 Å². The van der Waals surface area contributed by atoms with E-state index in [0.29, 0.717) is 12.1 Å². The minimum atomic E-state index is -4.71. The summed E-state index contributed by atoms with van der Waals surface area (Å²) in [4.78, 5) is 10.2. The zero-order valence-electron chi connectivity index (χ0n) is 18.6. The molecule has 0 bridgehead atoms. The molecular formula is C22H21F3N2O7S2. The first-order valence-corrected chi connectivity index (χ1v) is 13.4. The van der Waals surface area contributed by atoms with Crippen LogP contribution >= 0.6 is 0 Å². The molecule has 2 aromatic carbocycles. The van der Waals surface area contributed by atoms with Gasteiger partial charge in [-0.05, 0) is 42.5 Å². The summed E-state index contributed by atoms with van der Waals surface area (Å²) < 4.78 is 99.2. The second-order valence-corrected chi connectivity index (χ2v) is 11.2. The highest BCUT2D eigenvalue weighted by Gasteiger charge is 2.31. The lowest BCUT2D eigenvalue weighted by Gasteiger charge is -2.26. The molecule has 36 heavy (non-hydrogen) atoms. The predicted octanol–water partition coefficient (Wildman–Crippen LogP) is 2.74. The molecule has 9 nitrogen and oxygen atoms in total. The quantitative estimate of drug-likeness (QED) is 0.511. The number of hydrogen-bond acceptors (Lipinski definition) is 6. The van der Waals surface area contributed by atoms with E-state index in [1.54, 1.807) is 0 Å². The molecule has 14 heteroatoms. The van der Waals surface area contributed by atoms with Crippen LogP contribution in [0.1, 0.15) is 24.0 Å². The number of nitrogens with one attached hydrogen (secondary N) is 1. The number of hydrogen-bond donors (Lipinski definition) is 2. The fourth-order valence-corrected chi connectivity index (χ4v) is 5.66. The maximum atomic E-state index is 13.1. The van der Waals surface area contributed by atoms with Crippen LogP contribution in [0.3, 0.4) is 0 Å². The summed E-state index contributed by atoms with van der Waals surface area (Å²) >= 11 is 0. The van der Waals surface area contributed by atoms with Crippen LogP contribution in [0.15, 0.2) is 52.3 Å². The van der Waals surface area contributed by atoms with Gasteiger partial charge in [-0.25, -0.2) is 16.8 Å². The molecule has 0 unspecified atom stereocenters. The van der Waals surface area contributed by atoms with Gasteiger partial charge in [0.2, 0.25) is 10.0 Å². The van der Waals surface area contributed by atoms with Crippen LogP contribution in [-0.4, -0.2) is 58.5 Å². The second kappa shape index (κ2) is 10.9. The van der Waals surface area contributed by atoms with Gasteiger partial charge in [-0.2, -0.15) is 17.5 Å². The SMILES string of the molecule is O=C(O)CCC#Cc1cc(C(F)(F)F)ccc1NS(=O)(=O)c1ccc(S(=O)(=O)N2CCOCC2)cc1. The Balaban J connectivity index is 1.88. The van der Waals surface area contributed by atoms with Crippen molar-refractivity contribution in [2.75, 3.05) is 31.0 Å². The van der Waals surface area contributed by atoms with Crippen molar-refractivity contribution in [3.63, 3.8) is 0 Å². The van der Waals surface area contributed by atoms with Crippen molar-refractivity contribution in [2.24, 2.45) is 0 Å². The number of rotatable bonds is 7. The van der Waals surface area contributed by atoms with Crippen LogP contribution < -0.4 is 4.72 Å². The van der Waals surface area contributed by atoms with Gasteiger partial charge in [-0.15, -0.1) is 0 Å². The van der Waals surface area contributed by atoms with Crippen LogP contribution in [-0.2, 0) is 35.8 Å². The van der Waals surface area contributed by atoms with Crippen LogP contribution in [0.4, 0.5) is 18.9 Å². The molecule has 2 aromatic rings. The van der Waals surface area contributed by atoms with E-state index in [0.717, 1.165) is 30.3 Å². The highest BCUT2D eigenvalue weighted by molar-refractivity contribution is 7.92. The van der Waals surface area contributed by atoms with Gasteiger partial charge in [-0.1, -0.05) is 11.8 Å². The number of alkyl halides is 3. The normalized spacial score (nSPS) is 15.1. The van der Waals surface area contributed by atoms with E-state index >= 15 is 0 Å². The summed E-state index contributed by atoms with van der Waals surface area (Å²) in [6.07, 6.45) is -5.21. The van der Waals surface area contributed by atoms with Crippen LogP contribution in [0.2, 0.25) is 0 Å². The molecule has 0 aromatic heterocycles. The molecule has 0 atom stereocenters. The standard InChI is InChI=1S/C22H21F3N2O7S2/c23-22(24,25)17-5-10-20(16(15-17)3-1-2-4-21(28)29)26-35(30,31)18-6-8-19(9-7-18)36(32,33)27-11-13-34-14-12-27/h5-10,15,26H,2,4,11-14H2,(H,28,29). The fourth-order valence-electron chi connectivity index (χ4n) is 3.17. The van der Waals surface area contributed by atoms with Crippen molar-refractivity contribution < 1.29 is 44.6 Å². The van der Waals surface area contributed by atoms with Gasteiger partial charge in [0.15, 0.2) is 0 Å².